The van der Waals surface area contributed by atoms with E-state index in [1.165, 1.54) is 11.1 Å². The van der Waals surface area contributed by atoms with Crippen molar-refractivity contribution in [2.75, 3.05) is 16.8 Å². The summed E-state index contributed by atoms with van der Waals surface area (Å²) in [6.45, 7) is 2.98. The number of unbranched alkanes of at least 4 members (excludes halogenated alkanes) is 1. The Hall–Kier alpha value is -3.06. The lowest BCUT2D eigenvalue weighted by Gasteiger charge is -2.28. The van der Waals surface area contributed by atoms with Gasteiger partial charge < -0.3 is 10.2 Å². The second kappa shape index (κ2) is 9.05. The molecule has 0 unspecified atom stereocenters. The van der Waals surface area contributed by atoms with Gasteiger partial charge in [0.2, 0.25) is 0 Å². The molecule has 1 aliphatic heterocycles. The highest BCUT2D eigenvalue weighted by atomic mass is 16.1. The summed E-state index contributed by atoms with van der Waals surface area (Å²) in [5.74, 6) is -0.373. The van der Waals surface area contributed by atoms with E-state index in [2.05, 4.69) is 18.3 Å². The molecule has 4 nitrogen and oxygen atoms in total. The number of hydrogen-bond donors (Lipinski definition) is 1. The minimum absolute atomic E-state index is 0.113. The summed E-state index contributed by atoms with van der Waals surface area (Å²) >= 11 is 0. The van der Waals surface area contributed by atoms with Crippen molar-refractivity contribution in [2.45, 2.75) is 39.0 Å². The summed E-state index contributed by atoms with van der Waals surface area (Å²) < 4.78 is 0. The highest BCUT2D eigenvalue weighted by Crippen LogP contribution is 2.27. The van der Waals surface area contributed by atoms with Crippen LogP contribution in [0.5, 0.6) is 0 Å². The molecule has 3 rings (SSSR count). The molecule has 0 aliphatic carbocycles. The van der Waals surface area contributed by atoms with Gasteiger partial charge in [0, 0.05) is 24.1 Å². The van der Waals surface area contributed by atoms with Crippen LogP contribution in [0.3, 0.4) is 0 Å². The number of carbonyl (C=O) groups is 1. The van der Waals surface area contributed by atoms with Gasteiger partial charge in [0.05, 0.1) is 0 Å². The smallest absolute Gasteiger partial charge is 0.267 e. The highest BCUT2D eigenvalue weighted by molar-refractivity contribution is 6.06. The summed E-state index contributed by atoms with van der Waals surface area (Å²) in [6.07, 6.45) is 7.07. The van der Waals surface area contributed by atoms with Crippen molar-refractivity contribution in [3.63, 3.8) is 0 Å². The maximum atomic E-state index is 12.6. The average molecular weight is 359 g/mol. The van der Waals surface area contributed by atoms with Gasteiger partial charge in [0.1, 0.15) is 11.6 Å². The summed E-state index contributed by atoms with van der Waals surface area (Å²) in [6, 6.07) is 18.0. The van der Waals surface area contributed by atoms with Gasteiger partial charge in [-0.05, 0) is 55.0 Å². The number of hydrogen-bond acceptors (Lipinski definition) is 3. The van der Waals surface area contributed by atoms with E-state index >= 15 is 0 Å². The van der Waals surface area contributed by atoms with Crippen molar-refractivity contribution in [1.29, 1.82) is 5.26 Å². The maximum absolute atomic E-state index is 12.6. The Balaban J connectivity index is 1.71. The number of benzene rings is 2. The highest BCUT2D eigenvalue weighted by Gasteiger charge is 2.17. The molecule has 27 heavy (non-hydrogen) atoms. The molecule has 4 heteroatoms. The molecule has 0 radical (unpaired) electrons. The first-order valence-corrected chi connectivity index (χ1v) is 9.58. The van der Waals surface area contributed by atoms with Crippen molar-refractivity contribution >= 4 is 17.3 Å². The number of fused-ring (bicyclic) bond motifs is 1. The molecule has 0 spiro atoms. The third-order valence-electron chi connectivity index (χ3n) is 4.83. The lowest BCUT2D eigenvalue weighted by atomic mass is 10.0. The Morgan fingerprint density at radius 2 is 2.00 bits per heavy atom. The molecule has 1 aliphatic rings. The van der Waals surface area contributed by atoms with Crippen LogP contribution in [0.1, 0.15) is 37.3 Å². The van der Waals surface area contributed by atoms with Gasteiger partial charge in [-0.15, -0.1) is 0 Å². The third kappa shape index (κ3) is 4.77. The number of para-hydroxylation sites is 1. The van der Waals surface area contributed by atoms with E-state index in [-0.39, 0.29) is 11.5 Å². The number of nitriles is 1. The maximum Gasteiger partial charge on any atom is 0.267 e. The van der Waals surface area contributed by atoms with E-state index in [4.69, 9.17) is 0 Å². The van der Waals surface area contributed by atoms with Crippen LogP contribution in [0.4, 0.5) is 11.4 Å². The van der Waals surface area contributed by atoms with E-state index in [9.17, 15) is 10.1 Å². The standard InChI is InChI=1S/C23H25N3O/c1-2-3-7-18-11-13-21(14-12-18)25-23(27)20(16-24)17-26-15-6-9-19-8-4-5-10-22(19)26/h4-5,8,10-14,17H,2-3,6-7,9,15H2,1H3,(H,25,27)/b20-17-. The van der Waals surface area contributed by atoms with Crippen LogP contribution in [0.25, 0.3) is 0 Å². The zero-order chi connectivity index (χ0) is 19.1. The van der Waals surface area contributed by atoms with Crippen molar-refractivity contribution in [2.24, 2.45) is 0 Å². The molecule has 0 saturated heterocycles. The predicted octanol–water partition coefficient (Wildman–Crippen LogP) is 4.83. The zero-order valence-corrected chi connectivity index (χ0v) is 15.7. The van der Waals surface area contributed by atoms with Crippen molar-refractivity contribution in [3.8, 4) is 6.07 Å². The van der Waals surface area contributed by atoms with Gasteiger partial charge in [-0.25, -0.2) is 0 Å². The van der Waals surface area contributed by atoms with Crippen molar-refractivity contribution in [1.82, 2.24) is 0 Å². The molecular formula is C23H25N3O. The number of rotatable bonds is 6. The Bertz CT molecular complexity index is 862. The molecule has 1 heterocycles. The number of nitrogens with one attached hydrogen (secondary N) is 1. The fourth-order valence-electron chi connectivity index (χ4n) is 3.33. The van der Waals surface area contributed by atoms with Crippen LogP contribution in [0.2, 0.25) is 0 Å². The first-order valence-electron chi connectivity index (χ1n) is 9.58. The molecule has 0 fully saturated rings. The molecular weight excluding hydrogens is 334 g/mol. The molecule has 0 aromatic heterocycles. The van der Waals surface area contributed by atoms with Crippen LogP contribution in [0.15, 0.2) is 60.3 Å². The van der Waals surface area contributed by atoms with Gasteiger partial charge in [-0.1, -0.05) is 43.7 Å². The average Bonchev–Trinajstić information content (AvgIpc) is 2.71. The van der Waals surface area contributed by atoms with E-state index in [0.29, 0.717) is 5.69 Å². The molecule has 1 amide bonds. The fourth-order valence-corrected chi connectivity index (χ4v) is 3.33. The summed E-state index contributed by atoms with van der Waals surface area (Å²) in [4.78, 5) is 14.6. The molecule has 2 aromatic carbocycles. The van der Waals surface area contributed by atoms with Crippen molar-refractivity contribution < 1.29 is 4.79 Å². The Morgan fingerprint density at radius 3 is 2.74 bits per heavy atom. The molecule has 2 aromatic rings. The number of amides is 1. The topological polar surface area (TPSA) is 56.1 Å². The lowest BCUT2D eigenvalue weighted by molar-refractivity contribution is -0.112. The van der Waals surface area contributed by atoms with Crippen LogP contribution < -0.4 is 10.2 Å². The first-order chi connectivity index (χ1) is 13.2. The number of carbonyl (C=O) groups excluding carboxylic acids is 1. The molecule has 0 bridgehead atoms. The van der Waals surface area contributed by atoms with E-state index in [1.807, 2.05) is 53.4 Å². The number of aryl methyl sites for hydroxylation is 2. The Kier molecular flexibility index (Phi) is 6.27. The predicted molar refractivity (Wildman–Crippen MR) is 109 cm³/mol. The van der Waals surface area contributed by atoms with Crippen LogP contribution in [-0.4, -0.2) is 12.5 Å². The van der Waals surface area contributed by atoms with Gasteiger partial charge in [0.15, 0.2) is 0 Å². The van der Waals surface area contributed by atoms with Crippen molar-refractivity contribution in [3.05, 3.63) is 71.4 Å². The minimum atomic E-state index is -0.373. The lowest BCUT2D eigenvalue weighted by Crippen LogP contribution is -2.26. The summed E-state index contributed by atoms with van der Waals surface area (Å²) in [5, 5.41) is 12.3. The largest absolute Gasteiger partial charge is 0.346 e. The normalized spacial score (nSPS) is 13.6. The van der Waals surface area contributed by atoms with Gasteiger partial charge in [-0.2, -0.15) is 5.26 Å². The van der Waals surface area contributed by atoms with Crippen LogP contribution >= 0.6 is 0 Å². The van der Waals surface area contributed by atoms with E-state index in [0.717, 1.165) is 44.3 Å². The van der Waals surface area contributed by atoms with E-state index in [1.54, 1.807) is 6.20 Å². The van der Waals surface area contributed by atoms with E-state index < -0.39 is 0 Å². The summed E-state index contributed by atoms with van der Waals surface area (Å²) in [7, 11) is 0. The molecule has 138 valence electrons. The monoisotopic (exact) mass is 359 g/mol. The second-order valence-corrected chi connectivity index (χ2v) is 6.83. The fraction of sp³-hybridized carbons (Fsp3) is 0.304. The zero-order valence-electron chi connectivity index (χ0n) is 15.7. The Morgan fingerprint density at radius 1 is 1.22 bits per heavy atom. The third-order valence-corrected chi connectivity index (χ3v) is 4.83. The quantitative estimate of drug-likeness (QED) is 0.594. The van der Waals surface area contributed by atoms with Gasteiger partial charge in [0.25, 0.3) is 5.91 Å². The molecule has 0 atom stereocenters. The van der Waals surface area contributed by atoms with Gasteiger partial charge in [-0.3, -0.25) is 4.79 Å². The van der Waals surface area contributed by atoms with Crippen LogP contribution in [0, 0.1) is 11.3 Å². The minimum Gasteiger partial charge on any atom is -0.346 e. The molecule has 1 N–H and O–H groups in total. The Labute approximate surface area is 161 Å². The number of nitrogens with zero attached hydrogens (tertiary/aromatic N) is 2. The SMILES string of the molecule is CCCCc1ccc(NC(=O)/C(C#N)=C\N2CCCc3ccccc32)cc1. The van der Waals surface area contributed by atoms with Gasteiger partial charge >= 0.3 is 0 Å². The number of anilines is 2. The summed E-state index contributed by atoms with van der Waals surface area (Å²) in [5.41, 5.74) is 4.41. The second-order valence-electron chi connectivity index (χ2n) is 6.83. The van der Waals surface area contributed by atoms with Crippen LogP contribution in [-0.2, 0) is 17.6 Å². The molecule has 0 saturated carbocycles. The first kappa shape index (κ1) is 18.7.